The van der Waals surface area contributed by atoms with Crippen LogP contribution >= 0.6 is 0 Å². The number of aliphatic carboxylic acids is 1. The van der Waals surface area contributed by atoms with Crippen molar-refractivity contribution in [3.05, 3.63) is 69.8 Å². The summed E-state index contributed by atoms with van der Waals surface area (Å²) in [6.45, 7) is 0.164. The lowest BCUT2D eigenvalue weighted by Crippen LogP contribution is -2.26. The molecule has 2 rings (SSSR count). The van der Waals surface area contributed by atoms with Gasteiger partial charge in [-0.2, -0.15) is 0 Å². The van der Waals surface area contributed by atoms with Gasteiger partial charge in [0.05, 0.1) is 16.2 Å². The van der Waals surface area contributed by atoms with E-state index < -0.39 is 22.7 Å². The summed E-state index contributed by atoms with van der Waals surface area (Å²) in [7, 11) is 0. The first-order valence-electron chi connectivity index (χ1n) is 8.04. The zero-order valence-electron chi connectivity index (χ0n) is 14.2. The van der Waals surface area contributed by atoms with Crippen molar-refractivity contribution in [3.63, 3.8) is 0 Å². The quantitative estimate of drug-likeness (QED) is 0.370. The molecule has 2 aromatic rings. The van der Waals surface area contributed by atoms with E-state index in [0.717, 1.165) is 0 Å². The SMILES string of the molecule is O=C(O)CCCNC(=O)c1ccccc1NC(=O)c1ccccc1[N+](=O)[O-]. The number of rotatable bonds is 8. The van der Waals surface area contributed by atoms with Gasteiger partial charge >= 0.3 is 5.97 Å². The monoisotopic (exact) mass is 371 g/mol. The Labute approximate surface area is 154 Å². The normalized spacial score (nSPS) is 10.1. The van der Waals surface area contributed by atoms with Crippen LogP contribution in [0.25, 0.3) is 0 Å². The number of carbonyl (C=O) groups is 3. The number of nitrogens with one attached hydrogen (secondary N) is 2. The highest BCUT2D eigenvalue weighted by molar-refractivity contribution is 6.10. The number of carboxylic acids is 1. The molecule has 0 radical (unpaired) electrons. The Bertz CT molecular complexity index is 881. The molecule has 9 nitrogen and oxygen atoms in total. The van der Waals surface area contributed by atoms with E-state index in [0.29, 0.717) is 0 Å². The van der Waals surface area contributed by atoms with Gasteiger partial charge in [0.2, 0.25) is 0 Å². The van der Waals surface area contributed by atoms with Gasteiger partial charge in [-0.3, -0.25) is 24.5 Å². The molecule has 9 heteroatoms. The average molecular weight is 371 g/mol. The summed E-state index contributed by atoms with van der Waals surface area (Å²) in [4.78, 5) is 45.6. The van der Waals surface area contributed by atoms with Gasteiger partial charge in [-0.25, -0.2) is 0 Å². The fourth-order valence-corrected chi connectivity index (χ4v) is 2.34. The van der Waals surface area contributed by atoms with Crippen LogP contribution in [0.4, 0.5) is 11.4 Å². The fourth-order valence-electron chi connectivity index (χ4n) is 2.34. The van der Waals surface area contributed by atoms with Crippen molar-refractivity contribution in [2.75, 3.05) is 11.9 Å². The first kappa shape index (κ1) is 19.6. The Morgan fingerprint density at radius 1 is 0.963 bits per heavy atom. The third kappa shape index (κ3) is 5.36. The van der Waals surface area contributed by atoms with E-state index in [2.05, 4.69) is 10.6 Å². The van der Waals surface area contributed by atoms with Gasteiger partial charge in [0.1, 0.15) is 5.56 Å². The second-order valence-corrected chi connectivity index (χ2v) is 5.53. The molecule has 0 aliphatic heterocycles. The molecular formula is C18H17N3O6. The summed E-state index contributed by atoms with van der Waals surface area (Å²) in [5, 5.41) is 24.8. The predicted octanol–water partition coefficient (Wildman–Crippen LogP) is 2.44. The molecule has 0 heterocycles. The molecule has 2 aromatic carbocycles. The Morgan fingerprint density at radius 3 is 2.26 bits per heavy atom. The highest BCUT2D eigenvalue weighted by Crippen LogP contribution is 2.21. The number of anilines is 1. The minimum atomic E-state index is -0.957. The second-order valence-electron chi connectivity index (χ2n) is 5.53. The van der Waals surface area contributed by atoms with Crippen LogP contribution in [0, 0.1) is 10.1 Å². The molecule has 0 unspecified atom stereocenters. The van der Waals surface area contributed by atoms with E-state index in [4.69, 9.17) is 5.11 Å². The lowest BCUT2D eigenvalue weighted by atomic mass is 10.1. The molecule has 3 N–H and O–H groups in total. The Hall–Kier alpha value is -3.75. The number of carboxylic acid groups (broad SMARTS) is 1. The molecule has 0 bridgehead atoms. The van der Waals surface area contributed by atoms with Crippen LogP contribution in [-0.2, 0) is 4.79 Å². The summed E-state index contributed by atoms with van der Waals surface area (Å²) in [5.41, 5.74) is -0.110. The summed E-state index contributed by atoms with van der Waals surface area (Å²) in [5.74, 6) is -2.16. The fraction of sp³-hybridized carbons (Fsp3) is 0.167. The van der Waals surface area contributed by atoms with Gasteiger partial charge in [0, 0.05) is 19.0 Å². The minimum Gasteiger partial charge on any atom is -0.481 e. The maximum Gasteiger partial charge on any atom is 0.303 e. The Balaban J connectivity index is 2.14. The van der Waals surface area contributed by atoms with Crippen LogP contribution in [0.15, 0.2) is 48.5 Å². The van der Waals surface area contributed by atoms with E-state index in [1.54, 1.807) is 12.1 Å². The standard InChI is InChI=1S/C18H17N3O6/c22-16(23)10-5-11-19-17(24)12-6-1-3-8-14(12)20-18(25)13-7-2-4-9-15(13)21(26)27/h1-4,6-9H,5,10-11H2,(H,19,24)(H,20,25)(H,22,23). The molecule has 0 aliphatic carbocycles. The van der Waals surface area contributed by atoms with Gasteiger partial charge in [0.15, 0.2) is 0 Å². The second kappa shape index (κ2) is 9.09. The molecule has 0 spiro atoms. The summed E-state index contributed by atoms with van der Waals surface area (Å²) >= 11 is 0. The maximum atomic E-state index is 12.4. The summed E-state index contributed by atoms with van der Waals surface area (Å²) in [6.07, 6.45) is 0.197. The number of amides is 2. The number of hydrogen-bond donors (Lipinski definition) is 3. The molecule has 0 saturated carbocycles. The summed E-state index contributed by atoms with van der Waals surface area (Å²) < 4.78 is 0. The number of carbonyl (C=O) groups excluding carboxylic acids is 2. The zero-order valence-corrected chi connectivity index (χ0v) is 14.2. The van der Waals surface area contributed by atoms with Crippen LogP contribution < -0.4 is 10.6 Å². The zero-order chi connectivity index (χ0) is 19.8. The van der Waals surface area contributed by atoms with Crippen molar-refractivity contribution in [3.8, 4) is 0 Å². The van der Waals surface area contributed by atoms with Crippen molar-refractivity contribution in [1.82, 2.24) is 5.32 Å². The lowest BCUT2D eigenvalue weighted by molar-refractivity contribution is -0.385. The van der Waals surface area contributed by atoms with Crippen molar-refractivity contribution in [1.29, 1.82) is 0 Å². The Morgan fingerprint density at radius 2 is 1.59 bits per heavy atom. The number of hydrogen-bond acceptors (Lipinski definition) is 5. The number of benzene rings is 2. The van der Waals surface area contributed by atoms with E-state index in [9.17, 15) is 24.5 Å². The van der Waals surface area contributed by atoms with Gasteiger partial charge in [-0.05, 0) is 24.6 Å². The lowest BCUT2D eigenvalue weighted by Gasteiger charge is -2.11. The van der Waals surface area contributed by atoms with Gasteiger partial charge in [-0.15, -0.1) is 0 Å². The number of para-hydroxylation sites is 2. The molecule has 0 atom stereocenters. The molecule has 140 valence electrons. The van der Waals surface area contributed by atoms with E-state index in [1.807, 2.05) is 0 Å². The van der Waals surface area contributed by atoms with Crippen molar-refractivity contribution in [2.45, 2.75) is 12.8 Å². The van der Waals surface area contributed by atoms with Crippen molar-refractivity contribution < 1.29 is 24.4 Å². The maximum absolute atomic E-state index is 12.4. The molecule has 0 saturated heterocycles. The number of nitrogens with zero attached hydrogens (tertiary/aromatic N) is 1. The van der Waals surface area contributed by atoms with Crippen LogP contribution in [0.5, 0.6) is 0 Å². The van der Waals surface area contributed by atoms with Gasteiger partial charge < -0.3 is 15.7 Å². The van der Waals surface area contributed by atoms with E-state index in [1.165, 1.54) is 36.4 Å². The highest BCUT2D eigenvalue weighted by Gasteiger charge is 2.21. The largest absolute Gasteiger partial charge is 0.481 e. The van der Waals surface area contributed by atoms with Gasteiger partial charge in [-0.1, -0.05) is 24.3 Å². The highest BCUT2D eigenvalue weighted by atomic mass is 16.6. The molecule has 2 amide bonds. The van der Waals surface area contributed by atoms with Crippen LogP contribution in [0.3, 0.4) is 0 Å². The molecule has 0 aliphatic rings. The average Bonchev–Trinajstić information content (AvgIpc) is 2.65. The van der Waals surface area contributed by atoms with Crippen molar-refractivity contribution >= 4 is 29.2 Å². The summed E-state index contributed by atoms with van der Waals surface area (Å²) in [6, 6.07) is 11.7. The predicted molar refractivity (Wildman–Crippen MR) is 96.7 cm³/mol. The van der Waals surface area contributed by atoms with E-state index in [-0.39, 0.29) is 41.9 Å². The van der Waals surface area contributed by atoms with E-state index >= 15 is 0 Å². The molecular weight excluding hydrogens is 354 g/mol. The van der Waals surface area contributed by atoms with Gasteiger partial charge in [0.25, 0.3) is 17.5 Å². The van der Waals surface area contributed by atoms with Crippen LogP contribution in [0.2, 0.25) is 0 Å². The first-order chi connectivity index (χ1) is 12.9. The third-order valence-electron chi connectivity index (χ3n) is 3.62. The third-order valence-corrected chi connectivity index (χ3v) is 3.62. The van der Waals surface area contributed by atoms with Crippen molar-refractivity contribution in [2.24, 2.45) is 0 Å². The topological polar surface area (TPSA) is 139 Å². The molecule has 27 heavy (non-hydrogen) atoms. The number of nitro benzene ring substituents is 1. The molecule has 0 aromatic heterocycles. The minimum absolute atomic E-state index is 0.0731. The van der Waals surface area contributed by atoms with Crippen LogP contribution in [-0.4, -0.2) is 34.4 Å². The smallest absolute Gasteiger partial charge is 0.303 e. The number of nitro groups is 1. The Kier molecular flexibility index (Phi) is 6.59. The molecule has 0 fully saturated rings. The first-order valence-corrected chi connectivity index (χ1v) is 8.04. The van der Waals surface area contributed by atoms with Crippen LogP contribution in [0.1, 0.15) is 33.6 Å².